The SMILES string of the molecule is COc1cccc(C2(c3cccc(OC)c3)C=NC(c3ccccc3Cl)=N2)c1. The van der Waals surface area contributed by atoms with Gasteiger partial charge in [0.25, 0.3) is 0 Å². The standard InChI is InChI=1S/C23H19ClN2O2/c1-27-18-9-5-7-16(13-18)23(17-8-6-10-19(14-17)28-2)15-25-22(26-23)20-11-3-4-12-21(20)24/h3-15H,1-2H3. The molecule has 4 nitrogen and oxygen atoms in total. The first-order chi connectivity index (χ1) is 13.7. The number of hydrogen-bond acceptors (Lipinski definition) is 4. The van der Waals surface area contributed by atoms with Crippen molar-refractivity contribution in [1.29, 1.82) is 0 Å². The van der Waals surface area contributed by atoms with Gasteiger partial charge in [-0.05, 0) is 47.5 Å². The van der Waals surface area contributed by atoms with Crippen LogP contribution in [-0.2, 0) is 5.54 Å². The van der Waals surface area contributed by atoms with E-state index in [-0.39, 0.29) is 0 Å². The Labute approximate surface area is 169 Å². The summed E-state index contributed by atoms with van der Waals surface area (Å²) in [4.78, 5) is 9.68. The second-order valence-electron chi connectivity index (χ2n) is 6.40. The third-order valence-electron chi connectivity index (χ3n) is 4.79. The lowest BCUT2D eigenvalue weighted by molar-refractivity contribution is 0.412. The third kappa shape index (κ3) is 3.16. The molecule has 0 unspecified atom stereocenters. The van der Waals surface area contributed by atoms with E-state index in [1.807, 2.05) is 79.0 Å². The highest BCUT2D eigenvalue weighted by Crippen LogP contribution is 2.39. The Morgan fingerprint density at radius 1 is 0.786 bits per heavy atom. The lowest BCUT2D eigenvalue weighted by Gasteiger charge is -2.25. The zero-order valence-corrected chi connectivity index (χ0v) is 16.4. The van der Waals surface area contributed by atoms with Crippen molar-refractivity contribution in [3.63, 3.8) is 0 Å². The molecule has 0 bridgehead atoms. The zero-order valence-electron chi connectivity index (χ0n) is 15.6. The van der Waals surface area contributed by atoms with Crippen molar-refractivity contribution in [2.24, 2.45) is 9.98 Å². The highest BCUT2D eigenvalue weighted by molar-refractivity contribution is 6.34. The van der Waals surface area contributed by atoms with Crippen LogP contribution in [-0.4, -0.2) is 26.3 Å². The fraction of sp³-hybridized carbons (Fsp3) is 0.130. The van der Waals surface area contributed by atoms with E-state index < -0.39 is 5.54 Å². The Morgan fingerprint density at radius 2 is 1.39 bits per heavy atom. The highest BCUT2D eigenvalue weighted by Gasteiger charge is 2.37. The average Bonchev–Trinajstić information content (AvgIpc) is 3.20. The molecule has 0 N–H and O–H groups in total. The minimum atomic E-state index is -0.794. The quantitative estimate of drug-likeness (QED) is 0.606. The molecule has 3 aromatic rings. The summed E-state index contributed by atoms with van der Waals surface area (Å²) in [6.45, 7) is 0. The predicted octanol–water partition coefficient (Wildman–Crippen LogP) is 5.13. The fourth-order valence-corrected chi connectivity index (χ4v) is 3.54. The largest absolute Gasteiger partial charge is 0.497 e. The van der Waals surface area contributed by atoms with E-state index in [1.54, 1.807) is 14.2 Å². The van der Waals surface area contributed by atoms with Crippen LogP contribution in [0.5, 0.6) is 11.5 Å². The van der Waals surface area contributed by atoms with Crippen molar-refractivity contribution < 1.29 is 9.47 Å². The molecule has 0 atom stereocenters. The molecule has 0 aromatic heterocycles. The number of nitrogens with zero attached hydrogens (tertiary/aromatic N) is 2. The molecule has 28 heavy (non-hydrogen) atoms. The lowest BCUT2D eigenvalue weighted by Crippen LogP contribution is -2.25. The summed E-state index contributed by atoms with van der Waals surface area (Å²) < 4.78 is 10.9. The van der Waals surface area contributed by atoms with E-state index in [0.29, 0.717) is 10.9 Å². The van der Waals surface area contributed by atoms with Gasteiger partial charge < -0.3 is 9.47 Å². The summed E-state index contributed by atoms with van der Waals surface area (Å²) in [6.07, 6.45) is 1.86. The van der Waals surface area contributed by atoms with Crippen LogP contribution in [0.25, 0.3) is 0 Å². The zero-order chi connectivity index (χ0) is 19.6. The van der Waals surface area contributed by atoms with E-state index >= 15 is 0 Å². The average molecular weight is 391 g/mol. The molecule has 0 saturated heterocycles. The van der Waals surface area contributed by atoms with Crippen molar-refractivity contribution in [3.05, 3.63) is 94.5 Å². The number of methoxy groups -OCH3 is 2. The molecule has 140 valence electrons. The summed E-state index contributed by atoms with van der Waals surface area (Å²) >= 11 is 6.39. The molecule has 0 fully saturated rings. The van der Waals surface area contributed by atoms with Gasteiger partial charge in [-0.3, -0.25) is 0 Å². The van der Waals surface area contributed by atoms with Crippen molar-refractivity contribution in [1.82, 2.24) is 0 Å². The van der Waals surface area contributed by atoms with Gasteiger partial charge in [0.05, 0.1) is 19.2 Å². The molecule has 5 heteroatoms. The van der Waals surface area contributed by atoms with Crippen LogP contribution in [0.4, 0.5) is 0 Å². The Hall–Kier alpha value is -3.11. The van der Waals surface area contributed by atoms with E-state index in [1.165, 1.54) is 0 Å². The van der Waals surface area contributed by atoms with E-state index in [4.69, 9.17) is 26.1 Å². The molecule has 0 spiro atoms. The number of aliphatic imine (C=N–C) groups is 2. The number of hydrogen-bond donors (Lipinski definition) is 0. The number of rotatable bonds is 5. The Morgan fingerprint density at radius 3 is 1.96 bits per heavy atom. The first kappa shape index (κ1) is 18.3. The molecule has 1 aliphatic heterocycles. The second-order valence-corrected chi connectivity index (χ2v) is 6.81. The van der Waals surface area contributed by atoms with E-state index in [0.717, 1.165) is 28.2 Å². The first-order valence-electron chi connectivity index (χ1n) is 8.85. The first-order valence-corrected chi connectivity index (χ1v) is 9.23. The Kier molecular flexibility index (Phi) is 4.88. The molecule has 0 saturated carbocycles. The van der Waals surface area contributed by atoms with Gasteiger partial charge in [0.2, 0.25) is 0 Å². The maximum atomic E-state index is 6.39. The monoisotopic (exact) mass is 390 g/mol. The van der Waals surface area contributed by atoms with Gasteiger partial charge in [0.1, 0.15) is 17.0 Å². The molecule has 1 heterocycles. The van der Waals surface area contributed by atoms with Crippen LogP contribution in [0.2, 0.25) is 5.02 Å². The van der Waals surface area contributed by atoms with Crippen LogP contribution in [0.1, 0.15) is 16.7 Å². The summed E-state index contributed by atoms with van der Waals surface area (Å²) in [5.41, 5.74) is 1.90. The van der Waals surface area contributed by atoms with Gasteiger partial charge in [0.15, 0.2) is 5.84 Å². The molecular weight excluding hydrogens is 372 g/mol. The normalized spacial score (nSPS) is 14.6. The molecule has 3 aromatic carbocycles. The number of amidine groups is 1. The summed E-state index contributed by atoms with van der Waals surface area (Å²) in [6, 6.07) is 23.3. The summed E-state index contributed by atoms with van der Waals surface area (Å²) in [7, 11) is 3.30. The fourth-order valence-electron chi connectivity index (χ4n) is 3.32. The van der Waals surface area contributed by atoms with Crippen molar-refractivity contribution >= 4 is 23.7 Å². The van der Waals surface area contributed by atoms with Gasteiger partial charge in [-0.25, -0.2) is 9.98 Å². The van der Waals surface area contributed by atoms with E-state index in [9.17, 15) is 0 Å². The molecular formula is C23H19ClN2O2. The lowest BCUT2D eigenvalue weighted by atomic mass is 9.84. The molecule has 0 radical (unpaired) electrons. The van der Waals surface area contributed by atoms with Crippen LogP contribution < -0.4 is 9.47 Å². The molecule has 0 amide bonds. The van der Waals surface area contributed by atoms with Gasteiger partial charge in [-0.1, -0.05) is 48.0 Å². The van der Waals surface area contributed by atoms with Crippen LogP contribution >= 0.6 is 11.6 Å². The molecule has 0 aliphatic carbocycles. The molecule has 1 aliphatic rings. The minimum absolute atomic E-state index is 0.594. The highest BCUT2D eigenvalue weighted by atomic mass is 35.5. The third-order valence-corrected chi connectivity index (χ3v) is 5.12. The van der Waals surface area contributed by atoms with Gasteiger partial charge in [-0.2, -0.15) is 0 Å². The van der Waals surface area contributed by atoms with Gasteiger partial charge in [-0.15, -0.1) is 0 Å². The van der Waals surface area contributed by atoms with Crippen LogP contribution in [0, 0.1) is 0 Å². The predicted molar refractivity (Wildman–Crippen MR) is 113 cm³/mol. The number of benzene rings is 3. The molecule has 4 rings (SSSR count). The van der Waals surface area contributed by atoms with Crippen LogP contribution in [0.15, 0.2) is 82.8 Å². The second kappa shape index (κ2) is 7.49. The van der Waals surface area contributed by atoms with Crippen molar-refractivity contribution in [2.75, 3.05) is 14.2 Å². The summed E-state index contributed by atoms with van der Waals surface area (Å²) in [5.74, 6) is 2.11. The summed E-state index contributed by atoms with van der Waals surface area (Å²) in [5, 5.41) is 0.616. The maximum Gasteiger partial charge on any atom is 0.157 e. The smallest absolute Gasteiger partial charge is 0.157 e. The number of halogens is 1. The topological polar surface area (TPSA) is 43.2 Å². The van der Waals surface area contributed by atoms with Gasteiger partial charge in [0, 0.05) is 11.8 Å². The number of ether oxygens (including phenoxy) is 2. The van der Waals surface area contributed by atoms with E-state index in [2.05, 4.69) is 4.99 Å². The van der Waals surface area contributed by atoms with Crippen molar-refractivity contribution in [2.45, 2.75) is 5.54 Å². The Balaban J connectivity index is 1.93. The minimum Gasteiger partial charge on any atom is -0.497 e. The Bertz CT molecular complexity index is 1030. The van der Waals surface area contributed by atoms with Crippen LogP contribution in [0.3, 0.4) is 0 Å². The van der Waals surface area contributed by atoms with Crippen molar-refractivity contribution in [3.8, 4) is 11.5 Å². The van der Waals surface area contributed by atoms with Gasteiger partial charge >= 0.3 is 0 Å². The maximum absolute atomic E-state index is 6.39.